The highest BCUT2D eigenvalue weighted by atomic mass is 16.6. The zero-order chi connectivity index (χ0) is 14.4. The molecule has 4 heteroatoms. The standard InChI is InChI=1S/C14H27NO3/c1-8-12(2,3)11(16)18-10-9-13(4,5)15(17)14(10,6)7/h10,17H,8-9H2,1-7H3. The Labute approximate surface area is 110 Å². The van der Waals surface area contributed by atoms with E-state index in [1.807, 2.05) is 48.5 Å². The van der Waals surface area contributed by atoms with Crippen LogP contribution in [0, 0.1) is 5.41 Å². The Morgan fingerprint density at radius 2 is 1.89 bits per heavy atom. The summed E-state index contributed by atoms with van der Waals surface area (Å²) >= 11 is 0. The molecule has 1 saturated heterocycles. The molecule has 1 heterocycles. The SMILES string of the molecule is CCC(C)(C)C(=O)OC1CC(C)(C)N(O)C1(C)C. The molecule has 1 fully saturated rings. The summed E-state index contributed by atoms with van der Waals surface area (Å²) in [6.07, 6.45) is 1.10. The van der Waals surface area contributed by atoms with Crippen LogP contribution in [-0.4, -0.2) is 33.4 Å². The summed E-state index contributed by atoms with van der Waals surface area (Å²) in [6.45, 7) is 13.5. The summed E-state index contributed by atoms with van der Waals surface area (Å²) in [5, 5.41) is 11.5. The molecule has 1 aliphatic rings. The molecule has 0 amide bonds. The molecule has 1 N–H and O–H groups in total. The molecule has 1 unspecified atom stereocenters. The van der Waals surface area contributed by atoms with Crippen LogP contribution >= 0.6 is 0 Å². The average Bonchev–Trinajstić information content (AvgIpc) is 2.39. The number of carbonyl (C=O) groups excluding carboxylic acids is 1. The van der Waals surface area contributed by atoms with Gasteiger partial charge in [0.2, 0.25) is 0 Å². The first-order valence-corrected chi connectivity index (χ1v) is 6.65. The highest BCUT2D eigenvalue weighted by Crippen LogP contribution is 2.41. The van der Waals surface area contributed by atoms with Crippen LogP contribution in [0.25, 0.3) is 0 Å². The van der Waals surface area contributed by atoms with Crippen molar-refractivity contribution in [3.8, 4) is 0 Å². The Bertz CT molecular complexity index is 334. The molecule has 18 heavy (non-hydrogen) atoms. The number of rotatable bonds is 3. The summed E-state index contributed by atoms with van der Waals surface area (Å²) in [5.74, 6) is -0.186. The van der Waals surface area contributed by atoms with E-state index in [-0.39, 0.29) is 17.6 Å². The molecule has 1 atom stereocenters. The number of hydrogen-bond donors (Lipinski definition) is 1. The minimum atomic E-state index is -0.553. The normalized spacial score (nSPS) is 27.2. The van der Waals surface area contributed by atoms with E-state index < -0.39 is 11.0 Å². The van der Waals surface area contributed by atoms with E-state index in [1.165, 1.54) is 5.06 Å². The molecule has 0 radical (unpaired) electrons. The molecule has 106 valence electrons. The van der Waals surface area contributed by atoms with Crippen molar-refractivity contribution in [3.63, 3.8) is 0 Å². The topological polar surface area (TPSA) is 49.8 Å². The molecule has 0 saturated carbocycles. The number of carbonyl (C=O) groups is 1. The molecule has 0 aromatic heterocycles. The van der Waals surface area contributed by atoms with Crippen molar-refractivity contribution in [1.82, 2.24) is 5.06 Å². The second kappa shape index (κ2) is 4.49. The van der Waals surface area contributed by atoms with Gasteiger partial charge in [-0.25, -0.2) is 0 Å². The molecule has 4 nitrogen and oxygen atoms in total. The van der Waals surface area contributed by atoms with Crippen molar-refractivity contribution >= 4 is 5.97 Å². The van der Waals surface area contributed by atoms with E-state index in [9.17, 15) is 10.0 Å². The fourth-order valence-corrected chi connectivity index (χ4v) is 2.33. The van der Waals surface area contributed by atoms with Gasteiger partial charge in [-0.2, -0.15) is 5.06 Å². The van der Waals surface area contributed by atoms with Crippen LogP contribution in [0.1, 0.15) is 61.3 Å². The molecule has 0 aliphatic carbocycles. The summed E-state index contributed by atoms with van der Waals surface area (Å²) in [5.41, 5.74) is -1.39. The second-order valence-electron chi connectivity index (χ2n) is 7.11. The predicted octanol–water partition coefficient (Wildman–Crippen LogP) is 2.99. The molecule has 0 aromatic carbocycles. The van der Waals surface area contributed by atoms with Crippen LogP contribution in [0.3, 0.4) is 0 Å². The lowest BCUT2D eigenvalue weighted by molar-refractivity contribution is -0.207. The minimum absolute atomic E-state index is 0.186. The number of hydrogen-bond acceptors (Lipinski definition) is 4. The maximum absolute atomic E-state index is 12.1. The van der Waals surface area contributed by atoms with Gasteiger partial charge < -0.3 is 9.94 Å². The van der Waals surface area contributed by atoms with Crippen LogP contribution in [0.5, 0.6) is 0 Å². The number of ether oxygens (including phenoxy) is 1. The third-order valence-corrected chi connectivity index (χ3v) is 4.28. The molecular formula is C14H27NO3. The van der Waals surface area contributed by atoms with E-state index >= 15 is 0 Å². The van der Waals surface area contributed by atoms with E-state index in [4.69, 9.17) is 4.74 Å². The van der Waals surface area contributed by atoms with Gasteiger partial charge in [0.15, 0.2) is 0 Å². The molecule has 0 aromatic rings. The quantitative estimate of drug-likeness (QED) is 0.790. The zero-order valence-corrected chi connectivity index (χ0v) is 12.7. The highest BCUT2D eigenvalue weighted by Gasteiger charge is 2.53. The van der Waals surface area contributed by atoms with E-state index in [0.717, 1.165) is 6.42 Å². The largest absolute Gasteiger partial charge is 0.460 e. The van der Waals surface area contributed by atoms with E-state index in [0.29, 0.717) is 6.42 Å². The average molecular weight is 257 g/mol. The maximum Gasteiger partial charge on any atom is 0.311 e. The summed E-state index contributed by atoms with van der Waals surface area (Å²) < 4.78 is 5.65. The van der Waals surface area contributed by atoms with E-state index in [2.05, 4.69) is 0 Å². The van der Waals surface area contributed by atoms with Crippen molar-refractivity contribution in [3.05, 3.63) is 0 Å². The molecule has 0 spiro atoms. The van der Waals surface area contributed by atoms with Crippen LogP contribution < -0.4 is 0 Å². The lowest BCUT2D eigenvalue weighted by atomic mass is 9.90. The Morgan fingerprint density at radius 3 is 2.22 bits per heavy atom. The minimum Gasteiger partial charge on any atom is -0.460 e. The van der Waals surface area contributed by atoms with Crippen LogP contribution in [0.2, 0.25) is 0 Å². The third-order valence-electron chi connectivity index (χ3n) is 4.28. The Balaban J connectivity index is 2.84. The van der Waals surface area contributed by atoms with Gasteiger partial charge in [0.1, 0.15) is 6.10 Å². The number of hydroxylamine groups is 2. The van der Waals surface area contributed by atoms with Gasteiger partial charge in [0.05, 0.1) is 11.0 Å². The Hall–Kier alpha value is -0.610. The lowest BCUT2D eigenvalue weighted by Gasteiger charge is -2.35. The first kappa shape index (κ1) is 15.4. The third kappa shape index (κ3) is 2.54. The van der Waals surface area contributed by atoms with Crippen molar-refractivity contribution in [2.45, 2.75) is 78.5 Å². The molecule has 1 aliphatic heterocycles. The van der Waals surface area contributed by atoms with Crippen LogP contribution in [0.4, 0.5) is 0 Å². The summed E-state index contributed by atoms with van der Waals surface area (Å²) in [7, 11) is 0. The van der Waals surface area contributed by atoms with Crippen molar-refractivity contribution < 1.29 is 14.7 Å². The van der Waals surface area contributed by atoms with Gasteiger partial charge in [-0.1, -0.05) is 6.92 Å². The first-order chi connectivity index (χ1) is 7.95. The summed E-state index contributed by atoms with van der Waals surface area (Å²) in [4.78, 5) is 12.1. The van der Waals surface area contributed by atoms with E-state index in [1.54, 1.807) is 0 Å². The van der Waals surface area contributed by atoms with Gasteiger partial charge in [-0.3, -0.25) is 4.79 Å². The van der Waals surface area contributed by atoms with Gasteiger partial charge in [0.25, 0.3) is 0 Å². The van der Waals surface area contributed by atoms with Gasteiger partial charge in [0, 0.05) is 12.0 Å². The molecule has 1 rings (SSSR count). The van der Waals surface area contributed by atoms with Crippen LogP contribution in [-0.2, 0) is 9.53 Å². The predicted molar refractivity (Wildman–Crippen MR) is 70.4 cm³/mol. The summed E-state index contributed by atoms with van der Waals surface area (Å²) in [6, 6.07) is 0. The van der Waals surface area contributed by atoms with Gasteiger partial charge >= 0.3 is 5.97 Å². The van der Waals surface area contributed by atoms with Gasteiger partial charge in [-0.15, -0.1) is 0 Å². The molecular weight excluding hydrogens is 230 g/mol. The Kier molecular flexibility index (Phi) is 3.86. The smallest absolute Gasteiger partial charge is 0.311 e. The fraction of sp³-hybridized carbons (Fsp3) is 0.929. The first-order valence-electron chi connectivity index (χ1n) is 6.65. The number of nitrogens with zero attached hydrogens (tertiary/aromatic N) is 1. The second-order valence-corrected chi connectivity index (χ2v) is 7.11. The monoisotopic (exact) mass is 257 g/mol. The van der Waals surface area contributed by atoms with Gasteiger partial charge in [-0.05, 0) is 48.0 Å². The van der Waals surface area contributed by atoms with Crippen molar-refractivity contribution in [2.75, 3.05) is 0 Å². The van der Waals surface area contributed by atoms with Crippen LogP contribution in [0.15, 0.2) is 0 Å². The van der Waals surface area contributed by atoms with Crippen molar-refractivity contribution in [1.29, 1.82) is 0 Å². The van der Waals surface area contributed by atoms with Crippen molar-refractivity contribution in [2.24, 2.45) is 5.41 Å². The Morgan fingerprint density at radius 1 is 1.39 bits per heavy atom. The lowest BCUT2D eigenvalue weighted by Crippen LogP contribution is -2.49. The number of esters is 1. The zero-order valence-electron chi connectivity index (χ0n) is 12.7. The maximum atomic E-state index is 12.1. The molecule has 0 bridgehead atoms. The fourth-order valence-electron chi connectivity index (χ4n) is 2.33. The highest BCUT2D eigenvalue weighted by molar-refractivity contribution is 5.76.